The van der Waals surface area contributed by atoms with Gasteiger partial charge in [-0.15, -0.1) is 0 Å². The van der Waals surface area contributed by atoms with Gasteiger partial charge in [-0.05, 0) is 51.8 Å². The topological polar surface area (TPSA) is 45.2 Å². The zero-order valence-electron chi connectivity index (χ0n) is 11.6. The van der Waals surface area contributed by atoms with Crippen molar-refractivity contribution in [2.75, 3.05) is 13.1 Å². The average Bonchev–Trinajstić information content (AvgIpc) is 3.04. The number of aryl methyl sites for hydroxylation is 2. The first-order valence-electron chi connectivity index (χ1n) is 7.14. The van der Waals surface area contributed by atoms with Gasteiger partial charge in [0.05, 0.1) is 11.3 Å². The molecule has 4 heteroatoms. The van der Waals surface area contributed by atoms with Gasteiger partial charge in [0.25, 0.3) is 5.91 Å². The molecule has 1 N–H and O–H groups in total. The van der Waals surface area contributed by atoms with Crippen LogP contribution in [0, 0.1) is 13.8 Å². The van der Waals surface area contributed by atoms with E-state index in [-0.39, 0.29) is 5.91 Å². The van der Waals surface area contributed by atoms with E-state index in [0.717, 1.165) is 49.3 Å². The maximum Gasteiger partial charge on any atom is 0.256 e. The van der Waals surface area contributed by atoms with Gasteiger partial charge in [-0.2, -0.15) is 0 Å². The minimum Gasteiger partial charge on any atom is -0.331 e. The van der Waals surface area contributed by atoms with Gasteiger partial charge in [-0.1, -0.05) is 0 Å². The molecule has 2 heterocycles. The van der Waals surface area contributed by atoms with E-state index in [1.807, 2.05) is 26.0 Å². The van der Waals surface area contributed by atoms with E-state index >= 15 is 0 Å². The van der Waals surface area contributed by atoms with E-state index in [0.29, 0.717) is 12.1 Å². The second kappa shape index (κ2) is 4.93. The highest BCUT2D eigenvalue weighted by atomic mass is 16.2. The Morgan fingerprint density at radius 3 is 2.63 bits per heavy atom. The number of amides is 1. The van der Waals surface area contributed by atoms with E-state index in [1.54, 1.807) is 0 Å². The molecule has 1 aromatic rings. The summed E-state index contributed by atoms with van der Waals surface area (Å²) in [4.78, 5) is 19.3. The molecular formula is C15H21N3O. The van der Waals surface area contributed by atoms with Gasteiger partial charge in [0.2, 0.25) is 0 Å². The molecular weight excluding hydrogens is 238 g/mol. The maximum atomic E-state index is 12.8. The molecule has 3 rings (SSSR count). The monoisotopic (exact) mass is 259 g/mol. The van der Waals surface area contributed by atoms with Gasteiger partial charge in [0.15, 0.2) is 0 Å². The standard InChI is InChI=1S/C15H21N3O/c1-10-3-6-14(11(2)17-10)15(19)18(12-4-5-12)13-7-8-16-9-13/h3,6,12-13,16H,4-5,7-9H2,1-2H3. The zero-order valence-corrected chi connectivity index (χ0v) is 11.6. The third kappa shape index (κ3) is 2.50. The number of rotatable bonds is 3. The quantitative estimate of drug-likeness (QED) is 0.898. The summed E-state index contributed by atoms with van der Waals surface area (Å²) in [6, 6.07) is 4.68. The van der Waals surface area contributed by atoms with Crippen molar-refractivity contribution < 1.29 is 4.79 Å². The second-order valence-corrected chi connectivity index (χ2v) is 5.68. The Hall–Kier alpha value is -1.42. The molecule has 1 aromatic heterocycles. The van der Waals surface area contributed by atoms with E-state index in [2.05, 4.69) is 15.2 Å². The Labute approximate surface area is 114 Å². The van der Waals surface area contributed by atoms with Crippen LogP contribution in [0.1, 0.15) is 41.0 Å². The Morgan fingerprint density at radius 1 is 1.26 bits per heavy atom. The first-order chi connectivity index (χ1) is 9.16. The minimum absolute atomic E-state index is 0.168. The number of aromatic nitrogens is 1. The molecule has 1 unspecified atom stereocenters. The number of hydrogen-bond acceptors (Lipinski definition) is 3. The molecule has 102 valence electrons. The first kappa shape index (κ1) is 12.6. The summed E-state index contributed by atoms with van der Waals surface area (Å²) in [6.45, 7) is 5.84. The first-order valence-corrected chi connectivity index (χ1v) is 7.14. The molecule has 1 aliphatic heterocycles. The highest BCUT2D eigenvalue weighted by Gasteiger charge is 2.39. The number of pyridine rings is 1. The lowest BCUT2D eigenvalue weighted by molar-refractivity contribution is 0.0674. The Balaban J connectivity index is 1.87. The van der Waals surface area contributed by atoms with E-state index in [9.17, 15) is 4.79 Å². The lowest BCUT2D eigenvalue weighted by atomic mass is 10.1. The molecule has 1 amide bonds. The number of hydrogen-bond donors (Lipinski definition) is 1. The normalized spacial score (nSPS) is 22.5. The fraction of sp³-hybridized carbons (Fsp3) is 0.600. The summed E-state index contributed by atoms with van der Waals surface area (Å²) < 4.78 is 0. The van der Waals surface area contributed by atoms with Crippen molar-refractivity contribution in [3.05, 3.63) is 29.1 Å². The van der Waals surface area contributed by atoms with Gasteiger partial charge in [-0.25, -0.2) is 0 Å². The molecule has 1 atom stereocenters. The molecule has 1 aliphatic carbocycles. The number of nitrogens with zero attached hydrogens (tertiary/aromatic N) is 2. The zero-order chi connectivity index (χ0) is 13.4. The van der Waals surface area contributed by atoms with Crippen LogP contribution in [-0.4, -0.2) is 41.0 Å². The Kier molecular flexibility index (Phi) is 3.27. The number of carbonyl (C=O) groups is 1. The largest absolute Gasteiger partial charge is 0.331 e. The van der Waals surface area contributed by atoms with Crippen LogP contribution in [0.3, 0.4) is 0 Å². The number of nitrogens with one attached hydrogen (secondary N) is 1. The van der Waals surface area contributed by atoms with Crippen LogP contribution in [0.5, 0.6) is 0 Å². The van der Waals surface area contributed by atoms with E-state index in [1.165, 1.54) is 0 Å². The van der Waals surface area contributed by atoms with E-state index in [4.69, 9.17) is 0 Å². The van der Waals surface area contributed by atoms with Crippen molar-refractivity contribution in [2.24, 2.45) is 0 Å². The molecule has 1 saturated heterocycles. The lowest BCUT2D eigenvalue weighted by Gasteiger charge is -2.29. The number of carbonyl (C=O) groups excluding carboxylic acids is 1. The molecule has 2 aliphatic rings. The van der Waals surface area contributed by atoms with Crippen LogP contribution < -0.4 is 5.32 Å². The van der Waals surface area contributed by atoms with Gasteiger partial charge in [0.1, 0.15) is 0 Å². The average molecular weight is 259 g/mol. The van der Waals surface area contributed by atoms with Gasteiger partial charge in [0, 0.05) is 24.3 Å². The summed E-state index contributed by atoms with van der Waals surface area (Å²) in [6.07, 6.45) is 3.38. The SMILES string of the molecule is Cc1ccc(C(=O)N(C2CC2)C2CCNC2)c(C)n1. The smallest absolute Gasteiger partial charge is 0.256 e. The van der Waals surface area contributed by atoms with E-state index < -0.39 is 0 Å². The molecule has 1 saturated carbocycles. The summed E-state index contributed by atoms with van der Waals surface area (Å²) in [5.74, 6) is 0.168. The highest BCUT2D eigenvalue weighted by molar-refractivity contribution is 5.95. The molecule has 0 aromatic carbocycles. The van der Waals surface area contributed by atoms with Crippen LogP contribution in [0.2, 0.25) is 0 Å². The molecule has 19 heavy (non-hydrogen) atoms. The van der Waals surface area contributed by atoms with Gasteiger partial charge in [-0.3, -0.25) is 9.78 Å². The Bertz CT molecular complexity index is 490. The molecule has 0 radical (unpaired) electrons. The van der Waals surface area contributed by atoms with Crippen LogP contribution in [0.15, 0.2) is 12.1 Å². The van der Waals surface area contributed by atoms with Crippen molar-refractivity contribution in [2.45, 2.75) is 45.2 Å². The van der Waals surface area contributed by atoms with Crippen molar-refractivity contribution in [3.8, 4) is 0 Å². The Morgan fingerprint density at radius 2 is 2.05 bits per heavy atom. The molecule has 0 bridgehead atoms. The van der Waals surface area contributed by atoms with Crippen LogP contribution in [0.4, 0.5) is 0 Å². The summed E-state index contributed by atoms with van der Waals surface area (Å²) in [5.41, 5.74) is 2.58. The summed E-state index contributed by atoms with van der Waals surface area (Å²) in [7, 11) is 0. The third-order valence-electron chi connectivity index (χ3n) is 4.06. The molecule has 2 fully saturated rings. The third-order valence-corrected chi connectivity index (χ3v) is 4.06. The predicted octanol–water partition coefficient (Wildman–Crippen LogP) is 1.66. The van der Waals surface area contributed by atoms with Gasteiger partial charge < -0.3 is 10.2 Å². The predicted molar refractivity (Wildman–Crippen MR) is 74.2 cm³/mol. The van der Waals surface area contributed by atoms with Crippen molar-refractivity contribution in [1.82, 2.24) is 15.2 Å². The lowest BCUT2D eigenvalue weighted by Crippen LogP contribution is -2.43. The summed E-state index contributed by atoms with van der Waals surface area (Å²) in [5, 5.41) is 3.36. The fourth-order valence-electron chi connectivity index (χ4n) is 2.91. The second-order valence-electron chi connectivity index (χ2n) is 5.68. The minimum atomic E-state index is 0.168. The maximum absolute atomic E-state index is 12.8. The van der Waals surface area contributed by atoms with Crippen LogP contribution >= 0.6 is 0 Å². The fourth-order valence-corrected chi connectivity index (χ4v) is 2.91. The highest BCUT2D eigenvalue weighted by Crippen LogP contribution is 2.32. The molecule has 4 nitrogen and oxygen atoms in total. The van der Waals surface area contributed by atoms with Crippen LogP contribution in [-0.2, 0) is 0 Å². The van der Waals surface area contributed by atoms with Crippen LogP contribution in [0.25, 0.3) is 0 Å². The molecule has 0 spiro atoms. The summed E-state index contributed by atoms with van der Waals surface area (Å²) >= 11 is 0. The van der Waals surface area contributed by atoms with Gasteiger partial charge >= 0.3 is 0 Å². The van der Waals surface area contributed by atoms with Crippen molar-refractivity contribution in [3.63, 3.8) is 0 Å². The van der Waals surface area contributed by atoms with Crippen molar-refractivity contribution >= 4 is 5.91 Å². The van der Waals surface area contributed by atoms with Crippen molar-refractivity contribution in [1.29, 1.82) is 0 Å².